The molecule has 2 aromatic carbocycles. The van der Waals surface area contributed by atoms with Gasteiger partial charge in [-0.2, -0.15) is 4.31 Å². The van der Waals surface area contributed by atoms with Gasteiger partial charge in [0.1, 0.15) is 22.3 Å². The standard InChI is InChI=1S/C22H28F2N4O4S/c1-26(2)20(16-4-7-18(32-3)8-5-16)15-25-22(29)27-10-12-28(13-11-27)33(30,31)21-14-17(23)6-9-19(21)24/h4-9,14,20H,10-13,15H2,1-3H3,(H,25,29)/t20-/m0/s1. The molecule has 2 aromatic rings. The van der Waals surface area contributed by atoms with Crippen molar-refractivity contribution in [2.45, 2.75) is 10.9 Å². The fourth-order valence-corrected chi connectivity index (χ4v) is 5.16. The van der Waals surface area contributed by atoms with E-state index in [1.807, 2.05) is 43.3 Å². The van der Waals surface area contributed by atoms with Gasteiger partial charge in [-0.1, -0.05) is 12.1 Å². The molecule has 1 aliphatic heterocycles. The van der Waals surface area contributed by atoms with Gasteiger partial charge in [0.05, 0.1) is 13.2 Å². The Labute approximate surface area is 192 Å². The minimum Gasteiger partial charge on any atom is -0.497 e. The minimum atomic E-state index is -4.20. The van der Waals surface area contributed by atoms with Gasteiger partial charge in [0.15, 0.2) is 0 Å². The average Bonchev–Trinajstić information content (AvgIpc) is 2.80. The summed E-state index contributed by atoms with van der Waals surface area (Å²) >= 11 is 0. The van der Waals surface area contributed by atoms with Crippen LogP contribution >= 0.6 is 0 Å². The van der Waals surface area contributed by atoms with Crippen molar-refractivity contribution in [2.75, 3.05) is 53.9 Å². The number of rotatable bonds is 7. The van der Waals surface area contributed by atoms with Gasteiger partial charge in [0, 0.05) is 32.7 Å². The molecule has 8 nitrogen and oxygen atoms in total. The summed E-state index contributed by atoms with van der Waals surface area (Å²) in [5.41, 5.74) is 1.01. The third-order valence-electron chi connectivity index (χ3n) is 5.61. The molecule has 1 N–H and O–H groups in total. The summed E-state index contributed by atoms with van der Waals surface area (Å²) < 4.78 is 59.1. The van der Waals surface area contributed by atoms with E-state index in [1.54, 1.807) is 7.11 Å². The first kappa shape index (κ1) is 24.9. The van der Waals surface area contributed by atoms with Gasteiger partial charge in [-0.15, -0.1) is 0 Å². The Morgan fingerprint density at radius 1 is 1.09 bits per heavy atom. The molecule has 0 saturated carbocycles. The van der Waals surface area contributed by atoms with Crippen molar-refractivity contribution < 1.29 is 26.7 Å². The number of methoxy groups -OCH3 is 1. The predicted octanol–water partition coefficient (Wildman–Crippen LogP) is 2.29. The highest BCUT2D eigenvalue weighted by Crippen LogP contribution is 2.23. The number of hydrogen-bond donors (Lipinski definition) is 1. The van der Waals surface area contributed by atoms with Crippen molar-refractivity contribution >= 4 is 16.1 Å². The molecule has 2 amide bonds. The molecule has 0 spiro atoms. The quantitative estimate of drug-likeness (QED) is 0.655. The molecule has 0 unspecified atom stereocenters. The maximum absolute atomic E-state index is 14.0. The number of carbonyl (C=O) groups excluding carboxylic acids is 1. The number of benzene rings is 2. The van der Waals surface area contributed by atoms with E-state index in [9.17, 15) is 22.0 Å². The zero-order valence-electron chi connectivity index (χ0n) is 18.8. The van der Waals surface area contributed by atoms with Crippen molar-refractivity contribution in [2.24, 2.45) is 0 Å². The summed E-state index contributed by atoms with van der Waals surface area (Å²) in [6.45, 7) is 0.599. The highest BCUT2D eigenvalue weighted by Gasteiger charge is 2.32. The molecule has 0 bridgehead atoms. The van der Waals surface area contributed by atoms with Crippen LogP contribution in [0.1, 0.15) is 11.6 Å². The predicted molar refractivity (Wildman–Crippen MR) is 120 cm³/mol. The van der Waals surface area contributed by atoms with Gasteiger partial charge >= 0.3 is 6.03 Å². The van der Waals surface area contributed by atoms with E-state index < -0.39 is 26.6 Å². The number of halogens is 2. The first-order valence-electron chi connectivity index (χ1n) is 10.4. The lowest BCUT2D eigenvalue weighted by molar-refractivity contribution is 0.168. The van der Waals surface area contributed by atoms with Crippen molar-refractivity contribution in [3.63, 3.8) is 0 Å². The van der Waals surface area contributed by atoms with Crippen molar-refractivity contribution in [3.8, 4) is 5.75 Å². The molecule has 1 saturated heterocycles. The molecule has 11 heteroatoms. The van der Waals surface area contributed by atoms with Gasteiger partial charge < -0.3 is 19.9 Å². The van der Waals surface area contributed by atoms with Crippen LogP contribution in [0, 0.1) is 11.6 Å². The number of nitrogens with one attached hydrogen (secondary N) is 1. The monoisotopic (exact) mass is 482 g/mol. The number of carbonyl (C=O) groups is 1. The van der Waals surface area contributed by atoms with Crippen LogP contribution in [0.15, 0.2) is 47.4 Å². The van der Waals surface area contributed by atoms with E-state index in [2.05, 4.69) is 5.32 Å². The normalized spacial score (nSPS) is 16.0. The second-order valence-electron chi connectivity index (χ2n) is 7.90. The Morgan fingerprint density at radius 2 is 1.73 bits per heavy atom. The average molecular weight is 483 g/mol. The van der Waals surface area contributed by atoms with E-state index in [0.717, 1.165) is 27.8 Å². The van der Waals surface area contributed by atoms with E-state index in [4.69, 9.17) is 4.74 Å². The van der Waals surface area contributed by atoms with E-state index >= 15 is 0 Å². The lowest BCUT2D eigenvalue weighted by atomic mass is 10.1. The lowest BCUT2D eigenvalue weighted by Gasteiger charge is -2.34. The second kappa shape index (κ2) is 10.4. The Bertz CT molecular complexity index is 1070. The Balaban J connectivity index is 1.59. The number of hydrogen-bond acceptors (Lipinski definition) is 5. The van der Waals surface area contributed by atoms with E-state index in [0.29, 0.717) is 12.6 Å². The number of likely N-dealkylation sites (N-methyl/N-ethyl adjacent to an activating group) is 1. The number of amides is 2. The van der Waals surface area contributed by atoms with Crippen LogP contribution in [0.4, 0.5) is 13.6 Å². The summed E-state index contributed by atoms with van der Waals surface area (Å²) in [6, 6.07) is 9.52. The zero-order valence-corrected chi connectivity index (χ0v) is 19.6. The second-order valence-corrected chi connectivity index (χ2v) is 9.81. The first-order chi connectivity index (χ1) is 15.6. The van der Waals surface area contributed by atoms with Crippen LogP contribution in [-0.4, -0.2) is 82.5 Å². The summed E-state index contributed by atoms with van der Waals surface area (Å²) in [4.78, 5) is 15.5. The highest BCUT2D eigenvalue weighted by atomic mass is 32.2. The molecule has 3 rings (SSSR count). The molecule has 33 heavy (non-hydrogen) atoms. The molecule has 180 valence electrons. The number of ether oxygens (including phenoxy) is 1. The number of piperazine rings is 1. The summed E-state index contributed by atoms with van der Waals surface area (Å²) in [7, 11) is 1.22. The maximum atomic E-state index is 14.0. The van der Waals surface area contributed by atoms with E-state index in [1.165, 1.54) is 4.90 Å². The van der Waals surface area contributed by atoms with Crippen LogP contribution in [-0.2, 0) is 10.0 Å². The zero-order chi connectivity index (χ0) is 24.2. The Hall–Kier alpha value is -2.76. The van der Waals surface area contributed by atoms with Crippen LogP contribution < -0.4 is 10.1 Å². The molecule has 0 radical (unpaired) electrons. The van der Waals surface area contributed by atoms with Crippen molar-refractivity contribution in [1.29, 1.82) is 0 Å². The molecule has 0 aliphatic carbocycles. The van der Waals surface area contributed by atoms with Crippen molar-refractivity contribution in [3.05, 3.63) is 59.7 Å². The highest BCUT2D eigenvalue weighted by molar-refractivity contribution is 7.89. The minimum absolute atomic E-state index is 0.0126. The number of sulfonamides is 1. The van der Waals surface area contributed by atoms with Crippen molar-refractivity contribution in [1.82, 2.24) is 19.4 Å². The molecular weight excluding hydrogens is 454 g/mol. The molecule has 0 aromatic heterocycles. The molecule has 1 atom stereocenters. The van der Waals surface area contributed by atoms with Gasteiger partial charge in [-0.05, 0) is 50.0 Å². The summed E-state index contributed by atoms with van der Waals surface area (Å²) in [5, 5.41) is 2.90. The summed E-state index contributed by atoms with van der Waals surface area (Å²) in [6.07, 6.45) is 0. The van der Waals surface area contributed by atoms with E-state index in [-0.39, 0.29) is 38.3 Å². The van der Waals surface area contributed by atoms with Crippen LogP contribution in [0.5, 0.6) is 5.75 Å². The summed E-state index contributed by atoms with van der Waals surface area (Å²) in [5.74, 6) is -1.10. The van der Waals surface area contributed by atoms with Gasteiger partial charge in [-0.3, -0.25) is 0 Å². The largest absolute Gasteiger partial charge is 0.497 e. The Kier molecular flexibility index (Phi) is 7.88. The van der Waals surface area contributed by atoms with Crippen LogP contribution in [0.2, 0.25) is 0 Å². The van der Waals surface area contributed by atoms with Crippen LogP contribution in [0.25, 0.3) is 0 Å². The fraction of sp³-hybridized carbons (Fsp3) is 0.409. The number of nitrogens with zero attached hydrogens (tertiary/aromatic N) is 3. The Morgan fingerprint density at radius 3 is 2.30 bits per heavy atom. The third-order valence-corrected chi connectivity index (χ3v) is 7.52. The molecular formula is C22H28F2N4O4S. The smallest absolute Gasteiger partial charge is 0.317 e. The topological polar surface area (TPSA) is 82.2 Å². The number of urea groups is 1. The van der Waals surface area contributed by atoms with Crippen LogP contribution in [0.3, 0.4) is 0 Å². The van der Waals surface area contributed by atoms with Gasteiger partial charge in [0.25, 0.3) is 0 Å². The molecule has 1 heterocycles. The van der Waals surface area contributed by atoms with Gasteiger partial charge in [-0.25, -0.2) is 22.0 Å². The van der Waals surface area contributed by atoms with Gasteiger partial charge in [0.2, 0.25) is 10.0 Å². The molecule has 1 fully saturated rings. The lowest BCUT2D eigenvalue weighted by Crippen LogP contribution is -2.53. The first-order valence-corrected chi connectivity index (χ1v) is 11.9. The fourth-order valence-electron chi connectivity index (χ4n) is 3.67. The SMILES string of the molecule is COc1ccc([C@H](CNC(=O)N2CCN(S(=O)(=O)c3cc(F)ccc3F)CC2)N(C)C)cc1. The molecule has 1 aliphatic rings. The maximum Gasteiger partial charge on any atom is 0.317 e. The third kappa shape index (κ3) is 5.79.